The number of amides is 2. The van der Waals surface area contributed by atoms with Crippen LogP contribution in [0.5, 0.6) is 0 Å². The zero-order valence-corrected chi connectivity index (χ0v) is 10.4. The molecule has 0 spiro atoms. The lowest BCUT2D eigenvalue weighted by Gasteiger charge is -2.18. The van der Waals surface area contributed by atoms with E-state index in [0.717, 1.165) is 0 Å². The van der Waals surface area contributed by atoms with Gasteiger partial charge in [0.2, 0.25) is 11.8 Å². The molecule has 0 unspecified atom stereocenters. The molecule has 16 heavy (non-hydrogen) atoms. The fourth-order valence-corrected chi connectivity index (χ4v) is 1.11. The first-order valence-electron chi connectivity index (χ1n) is 5.67. The largest absolute Gasteiger partial charge is 0.356 e. The van der Waals surface area contributed by atoms with E-state index in [2.05, 4.69) is 10.6 Å². The third kappa shape index (κ3) is 9.45. The van der Waals surface area contributed by atoms with Gasteiger partial charge in [0.05, 0.1) is 0 Å². The SMILES string of the molecule is CCNC(=O)CCCC(=O)NCC(C)(C)N. The first-order chi connectivity index (χ1) is 7.35. The maximum absolute atomic E-state index is 11.3. The topological polar surface area (TPSA) is 84.2 Å². The van der Waals surface area contributed by atoms with E-state index in [0.29, 0.717) is 32.4 Å². The summed E-state index contributed by atoms with van der Waals surface area (Å²) >= 11 is 0. The predicted octanol–water partition coefficient (Wildman–Crippen LogP) is 0.146. The van der Waals surface area contributed by atoms with Crippen LogP contribution in [-0.4, -0.2) is 30.4 Å². The van der Waals surface area contributed by atoms with Crippen LogP contribution in [0.2, 0.25) is 0 Å². The highest BCUT2D eigenvalue weighted by atomic mass is 16.2. The average Bonchev–Trinajstić information content (AvgIpc) is 2.14. The molecule has 0 atom stereocenters. The summed E-state index contributed by atoms with van der Waals surface area (Å²) < 4.78 is 0. The van der Waals surface area contributed by atoms with Crippen molar-refractivity contribution in [1.82, 2.24) is 10.6 Å². The van der Waals surface area contributed by atoms with Gasteiger partial charge in [-0.05, 0) is 27.2 Å². The van der Waals surface area contributed by atoms with Gasteiger partial charge in [0.1, 0.15) is 0 Å². The van der Waals surface area contributed by atoms with Crippen molar-refractivity contribution in [3.05, 3.63) is 0 Å². The van der Waals surface area contributed by atoms with Gasteiger partial charge in [0, 0.05) is 31.5 Å². The maximum Gasteiger partial charge on any atom is 0.220 e. The Morgan fingerprint density at radius 1 is 1.12 bits per heavy atom. The van der Waals surface area contributed by atoms with E-state index >= 15 is 0 Å². The molecule has 0 saturated heterocycles. The molecule has 0 aromatic heterocycles. The second-order valence-electron chi connectivity index (χ2n) is 4.57. The fourth-order valence-electron chi connectivity index (χ4n) is 1.11. The molecule has 4 N–H and O–H groups in total. The molecule has 0 radical (unpaired) electrons. The number of nitrogens with two attached hydrogens (primary N) is 1. The van der Waals surface area contributed by atoms with Crippen LogP contribution in [0.3, 0.4) is 0 Å². The van der Waals surface area contributed by atoms with E-state index < -0.39 is 5.54 Å². The van der Waals surface area contributed by atoms with Gasteiger partial charge in [-0.25, -0.2) is 0 Å². The molecule has 2 amide bonds. The van der Waals surface area contributed by atoms with Crippen molar-refractivity contribution < 1.29 is 9.59 Å². The number of carbonyl (C=O) groups is 2. The highest BCUT2D eigenvalue weighted by molar-refractivity contribution is 5.78. The van der Waals surface area contributed by atoms with Crippen molar-refractivity contribution in [3.63, 3.8) is 0 Å². The molecule has 5 heteroatoms. The number of carbonyl (C=O) groups excluding carboxylic acids is 2. The Morgan fingerprint density at radius 2 is 1.62 bits per heavy atom. The first kappa shape index (κ1) is 14.9. The summed E-state index contributed by atoms with van der Waals surface area (Å²) in [6, 6.07) is 0. The quantitative estimate of drug-likeness (QED) is 0.581. The second kappa shape index (κ2) is 7.22. The zero-order chi connectivity index (χ0) is 12.6. The summed E-state index contributed by atoms with van der Waals surface area (Å²) in [6.45, 7) is 6.65. The van der Waals surface area contributed by atoms with Crippen LogP contribution in [0.4, 0.5) is 0 Å². The molecule has 0 aliphatic heterocycles. The molecular formula is C11H23N3O2. The molecular weight excluding hydrogens is 206 g/mol. The minimum absolute atomic E-state index is 0.00513. The van der Waals surface area contributed by atoms with Crippen LogP contribution in [0.15, 0.2) is 0 Å². The van der Waals surface area contributed by atoms with Crippen LogP contribution in [0.1, 0.15) is 40.0 Å². The number of hydrogen-bond acceptors (Lipinski definition) is 3. The summed E-state index contributed by atoms with van der Waals surface area (Å²) in [6.07, 6.45) is 1.34. The molecule has 0 rings (SSSR count). The normalized spacial score (nSPS) is 11.0. The highest BCUT2D eigenvalue weighted by Gasteiger charge is 2.12. The van der Waals surface area contributed by atoms with Crippen molar-refractivity contribution in [2.24, 2.45) is 5.73 Å². The third-order valence-electron chi connectivity index (χ3n) is 1.92. The van der Waals surface area contributed by atoms with Crippen molar-refractivity contribution in [2.45, 2.75) is 45.6 Å². The Bertz CT molecular complexity index is 234. The van der Waals surface area contributed by atoms with E-state index in [1.165, 1.54) is 0 Å². The lowest BCUT2D eigenvalue weighted by Crippen LogP contribution is -2.45. The number of hydrogen-bond donors (Lipinski definition) is 3. The van der Waals surface area contributed by atoms with Crippen molar-refractivity contribution in [2.75, 3.05) is 13.1 Å². The van der Waals surface area contributed by atoms with Crippen LogP contribution in [0.25, 0.3) is 0 Å². The number of nitrogens with one attached hydrogen (secondary N) is 2. The van der Waals surface area contributed by atoms with Crippen LogP contribution in [-0.2, 0) is 9.59 Å². The average molecular weight is 229 g/mol. The molecule has 0 fully saturated rings. The van der Waals surface area contributed by atoms with E-state index in [9.17, 15) is 9.59 Å². The molecule has 0 aromatic carbocycles. The zero-order valence-electron chi connectivity index (χ0n) is 10.4. The summed E-state index contributed by atoms with van der Waals surface area (Å²) in [5.74, 6) is -0.0581. The van der Waals surface area contributed by atoms with Gasteiger partial charge in [-0.2, -0.15) is 0 Å². The van der Waals surface area contributed by atoms with Gasteiger partial charge in [0.25, 0.3) is 0 Å². The van der Waals surface area contributed by atoms with E-state index in [-0.39, 0.29) is 11.8 Å². The maximum atomic E-state index is 11.3. The molecule has 0 saturated carbocycles. The van der Waals surface area contributed by atoms with Gasteiger partial charge >= 0.3 is 0 Å². The Hall–Kier alpha value is -1.10. The van der Waals surface area contributed by atoms with Gasteiger partial charge in [-0.3, -0.25) is 9.59 Å². The molecule has 0 aliphatic rings. The monoisotopic (exact) mass is 229 g/mol. The van der Waals surface area contributed by atoms with Gasteiger partial charge in [-0.15, -0.1) is 0 Å². The summed E-state index contributed by atoms with van der Waals surface area (Å²) in [5.41, 5.74) is 5.33. The van der Waals surface area contributed by atoms with Crippen LogP contribution < -0.4 is 16.4 Å². The number of rotatable bonds is 7. The minimum Gasteiger partial charge on any atom is -0.356 e. The second-order valence-corrected chi connectivity index (χ2v) is 4.57. The van der Waals surface area contributed by atoms with Gasteiger partial charge in [0.15, 0.2) is 0 Å². The molecule has 0 aromatic rings. The highest BCUT2D eigenvalue weighted by Crippen LogP contribution is 1.97. The van der Waals surface area contributed by atoms with Crippen LogP contribution >= 0.6 is 0 Å². The molecule has 0 aliphatic carbocycles. The molecule has 0 heterocycles. The molecule has 0 bridgehead atoms. The predicted molar refractivity (Wildman–Crippen MR) is 63.8 cm³/mol. The summed E-state index contributed by atoms with van der Waals surface area (Å²) in [4.78, 5) is 22.4. The van der Waals surface area contributed by atoms with Gasteiger partial charge in [-0.1, -0.05) is 0 Å². The lowest BCUT2D eigenvalue weighted by molar-refractivity contribution is -0.122. The first-order valence-corrected chi connectivity index (χ1v) is 5.67. The van der Waals surface area contributed by atoms with E-state index in [1.54, 1.807) is 0 Å². The summed E-state index contributed by atoms with van der Waals surface area (Å²) in [5, 5.41) is 5.42. The van der Waals surface area contributed by atoms with Crippen molar-refractivity contribution in [3.8, 4) is 0 Å². The minimum atomic E-state index is -0.394. The van der Waals surface area contributed by atoms with Crippen LogP contribution in [0, 0.1) is 0 Å². The van der Waals surface area contributed by atoms with Gasteiger partial charge < -0.3 is 16.4 Å². The molecule has 94 valence electrons. The smallest absolute Gasteiger partial charge is 0.220 e. The Kier molecular flexibility index (Phi) is 6.72. The Labute approximate surface area is 97.2 Å². The standard InChI is InChI=1S/C11H23N3O2/c1-4-13-9(15)6-5-7-10(16)14-8-11(2,3)12/h4-8,12H2,1-3H3,(H,13,15)(H,14,16). The lowest BCUT2D eigenvalue weighted by atomic mass is 10.1. The van der Waals surface area contributed by atoms with E-state index in [1.807, 2.05) is 20.8 Å². The fraction of sp³-hybridized carbons (Fsp3) is 0.818. The van der Waals surface area contributed by atoms with E-state index in [4.69, 9.17) is 5.73 Å². The summed E-state index contributed by atoms with van der Waals surface area (Å²) in [7, 11) is 0. The molecule has 5 nitrogen and oxygen atoms in total. The Balaban J connectivity index is 3.55. The van der Waals surface area contributed by atoms with Crippen molar-refractivity contribution >= 4 is 11.8 Å². The Morgan fingerprint density at radius 3 is 2.06 bits per heavy atom. The third-order valence-corrected chi connectivity index (χ3v) is 1.92. The van der Waals surface area contributed by atoms with Crippen molar-refractivity contribution in [1.29, 1.82) is 0 Å².